The average Bonchev–Trinajstić information content (AvgIpc) is 2.64. The number of carbonyl (C=O) groups excluding carboxylic acids is 1. The summed E-state index contributed by atoms with van der Waals surface area (Å²) in [7, 11) is -2.01. The molecular formula is C18H18F2N2O4S. The van der Waals surface area contributed by atoms with E-state index in [0.29, 0.717) is 24.3 Å². The summed E-state index contributed by atoms with van der Waals surface area (Å²) in [6, 6.07) is 7.39. The van der Waals surface area contributed by atoms with E-state index in [0.717, 1.165) is 18.6 Å². The molecule has 0 bridgehead atoms. The summed E-state index contributed by atoms with van der Waals surface area (Å²) < 4.78 is 57.5. The minimum absolute atomic E-state index is 0.0458. The maximum absolute atomic E-state index is 13.3. The van der Waals surface area contributed by atoms with Gasteiger partial charge in [-0.3, -0.25) is 9.10 Å². The van der Waals surface area contributed by atoms with Gasteiger partial charge in [-0.15, -0.1) is 0 Å². The lowest BCUT2D eigenvalue weighted by molar-refractivity contribution is 0.102. The molecule has 144 valence electrons. The van der Waals surface area contributed by atoms with Crippen molar-refractivity contribution in [3.05, 3.63) is 53.6 Å². The van der Waals surface area contributed by atoms with Crippen LogP contribution < -0.4 is 14.4 Å². The Morgan fingerprint density at radius 3 is 2.56 bits per heavy atom. The van der Waals surface area contributed by atoms with Gasteiger partial charge in [0.25, 0.3) is 5.91 Å². The van der Waals surface area contributed by atoms with Crippen molar-refractivity contribution in [2.75, 3.05) is 29.0 Å². The molecule has 27 heavy (non-hydrogen) atoms. The number of ether oxygens (including phenoxy) is 1. The van der Waals surface area contributed by atoms with Crippen LogP contribution >= 0.6 is 0 Å². The summed E-state index contributed by atoms with van der Waals surface area (Å²) in [5, 5.41) is 2.55. The maximum atomic E-state index is 13.3. The Balaban J connectivity index is 1.85. The van der Waals surface area contributed by atoms with Crippen molar-refractivity contribution in [2.45, 2.75) is 12.8 Å². The van der Waals surface area contributed by atoms with Crippen LogP contribution in [0.15, 0.2) is 36.4 Å². The van der Waals surface area contributed by atoms with Crippen molar-refractivity contribution >= 4 is 27.3 Å². The summed E-state index contributed by atoms with van der Waals surface area (Å²) in [6.45, 7) is 0.360. The van der Waals surface area contributed by atoms with E-state index in [1.54, 1.807) is 6.07 Å². The minimum Gasteiger partial charge on any atom is -0.494 e. The average molecular weight is 396 g/mol. The molecule has 0 radical (unpaired) electrons. The molecule has 9 heteroatoms. The lowest BCUT2D eigenvalue weighted by Gasteiger charge is -2.29. The zero-order chi connectivity index (χ0) is 19.6. The van der Waals surface area contributed by atoms with Gasteiger partial charge in [0.15, 0.2) is 11.6 Å². The van der Waals surface area contributed by atoms with Gasteiger partial charge in [-0.25, -0.2) is 17.2 Å². The van der Waals surface area contributed by atoms with Gasteiger partial charge in [-0.2, -0.15) is 0 Å². The molecule has 0 aromatic heterocycles. The van der Waals surface area contributed by atoms with E-state index in [1.165, 1.54) is 29.6 Å². The van der Waals surface area contributed by atoms with Gasteiger partial charge < -0.3 is 10.1 Å². The highest BCUT2D eigenvalue weighted by molar-refractivity contribution is 7.92. The number of nitrogens with one attached hydrogen (secondary N) is 1. The molecule has 0 aliphatic carbocycles. The Bertz CT molecular complexity index is 979. The third kappa shape index (κ3) is 4.02. The zero-order valence-corrected chi connectivity index (χ0v) is 15.4. The van der Waals surface area contributed by atoms with E-state index in [1.807, 2.05) is 0 Å². The first-order valence-corrected chi connectivity index (χ1v) is 9.87. The molecular weight excluding hydrogens is 378 g/mol. The fourth-order valence-corrected chi connectivity index (χ4v) is 4.51. The third-order valence-corrected chi connectivity index (χ3v) is 6.09. The van der Waals surface area contributed by atoms with Crippen molar-refractivity contribution in [1.29, 1.82) is 0 Å². The highest BCUT2D eigenvalue weighted by Crippen LogP contribution is 2.35. The minimum atomic E-state index is -3.41. The molecule has 1 N–H and O–H groups in total. The zero-order valence-electron chi connectivity index (χ0n) is 14.5. The number of benzene rings is 2. The van der Waals surface area contributed by atoms with Crippen LogP contribution in [0.5, 0.6) is 5.75 Å². The van der Waals surface area contributed by atoms with Gasteiger partial charge in [0.2, 0.25) is 10.0 Å². The van der Waals surface area contributed by atoms with E-state index in [2.05, 4.69) is 5.32 Å². The first kappa shape index (κ1) is 19.1. The number of halogens is 2. The van der Waals surface area contributed by atoms with Crippen molar-refractivity contribution < 1.29 is 26.7 Å². The molecule has 1 aliphatic heterocycles. The summed E-state index contributed by atoms with van der Waals surface area (Å²) in [5.41, 5.74) is 0.679. The molecule has 1 saturated heterocycles. The predicted octanol–water partition coefficient (Wildman–Crippen LogP) is 3.16. The number of carbonyl (C=O) groups is 1. The number of methoxy groups -OCH3 is 1. The number of hydrogen-bond acceptors (Lipinski definition) is 4. The fourth-order valence-electron chi connectivity index (χ4n) is 2.86. The summed E-state index contributed by atoms with van der Waals surface area (Å²) >= 11 is 0. The SMILES string of the molecule is COc1cc(NC(=O)c2ccc(F)c(F)c2)ccc1N1CCCCS1(=O)=O. The van der Waals surface area contributed by atoms with E-state index in [4.69, 9.17) is 4.74 Å². The van der Waals surface area contributed by atoms with Gasteiger partial charge >= 0.3 is 0 Å². The monoisotopic (exact) mass is 396 g/mol. The van der Waals surface area contributed by atoms with Gasteiger partial charge in [0, 0.05) is 23.9 Å². The highest BCUT2D eigenvalue weighted by atomic mass is 32.2. The molecule has 3 rings (SSSR count). The molecule has 1 heterocycles. The second-order valence-corrected chi connectivity index (χ2v) is 8.08. The molecule has 2 aromatic rings. The van der Waals surface area contributed by atoms with E-state index in [9.17, 15) is 22.0 Å². The lowest BCUT2D eigenvalue weighted by Crippen LogP contribution is -2.38. The topological polar surface area (TPSA) is 75.7 Å². The molecule has 0 unspecified atom stereocenters. The number of amides is 1. The Morgan fingerprint density at radius 2 is 1.89 bits per heavy atom. The van der Waals surface area contributed by atoms with E-state index in [-0.39, 0.29) is 17.1 Å². The van der Waals surface area contributed by atoms with Crippen LogP contribution in [-0.4, -0.2) is 33.7 Å². The number of hydrogen-bond donors (Lipinski definition) is 1. The van der Waals surface area contributed by atoms with E-state index < -0.39 is 27.6 Å². The highest BCUT2D eigenvalue weighted by Gasteiger charge is 2.28. The normalized spacial score (nSPS) is 16.0. The van der Waals surface area contributed by atoms with E-state index >= 15 is 0 Å². The molecule has 0 spiro atoms. The molecule has 2 aromatic carbocycles. The van der Waals surface area contributed by atoms with Gasteiger partial charge in [-0.05, 0) is 43.2 Å². The van der Waals surface area contributed by atoms with Crippen LogP contribution in [0.2, 0.25) is 0 Å². The molecule has 1 aliphatic rings. The van der Waals surface area contributed by atoms with Gasteiger partial charge in [0.1, 0.15) is 5.75 Å². The van der Waals surface area contributed by atoms with Crippen LogP contribution in [0.3, 0.4) is 0 Å². The lowest BCUT2D eigenvalue weighted by atomic mass is 10.2. The number of sulfonamides is 1. The number of rotatable bonds is 4. The third-order valence-electron chi connectivity index (χ3n) is 4.24. The van der Waals surface area contributed by atoms with Crippen molar-refractivity contribution in [1.82, 2.24) is 0 Å². The Kier molecular flexibility index (Phi) is 5.31. The van der Waals surface area contributed by atoms with Gasteiger partial charge in [-0.1, -0.05) is 0 Å². The molecule has 6 nitrogen and oxygen atoms in total. The van der Waals surface area contributed by atoms with Crippen LogP contribution in [0.1, 0.15) is 23.2 Å². The second kappa shape index (κ2) is 7.51. The molecule has 0 saturated carbocycles. The first-order valence-electron chi connectivity index (χ1n) is 8.26. The predicted molar refractivity (Wildman–Crippen MR) is 97.7 cm³/mol. The molecule has 0 atom stereocenters. The smallest absolute Gasteiger partial charge is 0.255 e. The standard InChI is InChI=1S/C18H18F2N2O4S/c1-26-17-11-13(21-18(23)12-4-6-14(19)15(20)10-12)5-7-16(17)22-8-2-3-9-27(22,24)25/h4-7,10-11H,2-3,8-9H2,1H3,(H,21,23). The van der Waals surface area contributed by atoms with Crippen LogP contribution in [-0.2, 0) is 10.0 Å². The maximum Gasteiger partial charge on any atom is 0.255 e. The Morgan fingerprint density at radius 1 is 1.11 bits per heavy atom. The quantitative estimate of drug-likeness (QED) is 0.862. The largest absolute Gasteiger partial charge is 0.494 e. The summed E-state index contributed by atoms with van der Waals surface area (Å²) in [6.07, 6.45) is 1.36. The summed E-state index contributed by atoms with van der Waals surface area (Å²) in [4.78, 5) is 12.2. The Labute approximate surface area is 155 Å². The van der Waals surface area contributed by atoms with Gasteiger partial charge in [0.05, 0.1) is 18.6 Å². The van der Waals surface area contributed by atoms with Crippen LogP contribution in [0.25, 0.3) is 0 Å². The number of anilines is 2. The fraction of sp³-hybridized carbons (Fsp3) is 0.278. The van der Waals surface area contributed by atoms with Crippen molar-refractivity contribution in [2.24, 2.45) is 0 Å². The second-order valence-electron chi connectivity index (χ2n) is 6.06. The summed E-state index contributed by atoms with van der Waals surface area (Å²) in [5.74, 6) is -2.44. The molecule has 1 amide bonds. The molecule has 1 fully saturated rings. The van der Waals surface area contributed by atoms with Crippen molar-refractivity contribution in [3.63, 3.8) is 0 Å². The van der Waals surface area contributed by atoms with Crippen LogP contribution in [0.4, 0.5) is 20.2 Å². The first-order chi connectivity index (χ1) is 12.8. The van der Waals surface area contributed by atoms with Crippen LogP contribution in [0, 0.1) is 11.6 Å². The number of nitrogens with zero attached hydrogens (tertiary/aromatic N) is 1. The Hall–Kier alpha value is -2.68. The van der Waals surface area contributed by atoms with Crippen molar-refractivity contribution in [3.8, 4) is 5.75 Å².